The molecule has 0 saturated carbocycles. The van der Waals surface area contributed by atoms with Crippen LogP contribution < -0.4 is 10.2 Å². The van der Waals surface area contributed by atoms with Crippen molar-refractivity contribution >= 4 is 51.5 Å². The number of hydrogen-bond donors (Lipinski definition) is 1. The summed E-state index contributed by atoms with van der Waals surface area (Å²) in [6, 6.07) is 9.67. The monoisotopic (exact) mass is 487 g/mol. The predicted molar refractivity (Wildman–Crippen MR) is 113 cm³/mol. The summed E-state index contributed by atoms with van der Waals surface area (Å²) in [5.74, 6) is -0.631. The number of amides is 1. The van der Waals surface area contributed by atoms with E-state index in [9.17, 15) is 9.18 Å². The Morgan fingerprint density at radius 3 is 2.58 bits per heavy atom. The zero-order valence-electron chi connectivity index (χ0n) is 14.4. The summed E-state index contributed by atoms with van der Waals surface area (Å²) >= 11 is 8.12. The van der Waals surface area contributed by atoms with Gasteiger partial charge in [-0.15, -0.1) is 0 Å². The van der Waals surface area contributed by atoms with Gasteiger partial charge in [0.15, 0.2) is 0 Å². The van der Waals surface area contributed by atoms with Gasteiger partial charge in [0.2, 0.25) is 0 Å². The summed E-state index contributed by atoms with van der Waals surface area (Å²) in [7, 11) is 0. The second-order valence-corrected chi connectivity index (χ2v) is 7.76. The quantitative estimate of drug-likeness (QED) is 0.646. The molecule has 0 spiro atoms. The molecule has 1 N–H and O–H groups in total. The van der Waals surface area contributed by atoms with Crippen LogP contribution in [-0.4, -0.2) is 43.5 Å². The van der Waals surface area contributed by atoms with Crippen LogP contribution in [0.3, 0.4) is 0 Å². The molecule has 1 amide bonds. The lowest BCUT2D eigenvalue weighted by Gasteiger charge is -2.36. The van der Waals surface area contributed by atoms with Crippen molar-refractivity contribution < 1.29 is 9.18 Å². The molecule has 2 aromatic carbocycles. The summed E-state index contributed by atoms with van der Waals surface area (Å²) in [5.41, 5.74) is 2.07. The Morgan fingerprint density at radius 1 is 1.19 bits per heavy atom. The first-order valence-electron chi connectivity index (χ1n) is 8.51. The molecule has 0 aliphatic carbocycles. The molecule has 7 heteroatoms. The number of halogens is 3. The molecule has 0 bridgehead atoms. The number of hydrogen-bond acceptors (Lipinski definition) is 3. The normalized spacial score (nSPS) is 15.2. The summed E-state index contributed by atoms with van der Waals surface area (Å²) in [6.07, 6.45) is 0. The van der Waals surface area contributed by atoms with Gasteiger partial charge in [-0.3, -0.25) is 4.79 Å². The van der Waals surface area contributed by atoms with Crippen molar-refractivity contribution in [2.24, 2.45) is 0 Å². The van der Waals surface area contributed by atoms with Crippen LogP contribution in [0.1, 0.15) is 17.3 Å². The fourth-order valence-electron chi connectivity index (χ4n) is 3.05. The Labute approximate surface area is 171 Å². The second kappa shape index (κ2) is 8.54. The van der Waals surface area contributed by atoms with Gasteiger partial charge >= 0.3 is 0 Å². The number of piperazine rings is 1. The maximum Gasteiger partial charge on any atom is 0.256 e. The van der Waals surface area contributed by atoms with Crippen molar-refractivity contribution in [1.82, 2.24) is 4.90 Å². The fraction of sp³-hybridized carbons (Fsp3) is 0.316. The Kier molecular flexibility index (Phi) is 6.37. The molecule has 138 valence electrons. The molecule has 1 aliphatic heterocycles. The van der Waals surface area contributed by atoms with E-state index in [1.807, 2.05) is 34.7 Å². The van der Waals surface area contributed by atoms with Crippen molar-refractivity contribution in [3.05, 3.63) is 56.4 Å². The number of nitrogens with one attached hydrogen (secondary N) is 1. The highest BCUT2D eigenvalue weighted by Gasteiger charge is 2.20. The molecule has 0 atom stereocenters. The van der Waals surface area contributed by atoms with E-state index in [1.54, 1.807) is 6.07 Å². The molecule has 26 heavy (non-hydrogen) atoms. The third-order valence-corrected chi connectivity index (χ3v) is 5.67. The molecular formula is C19H20ClFIN3O. The van der Waals surface area contributed by atoms with Crippen molar-refractivity contribution in [2.75, 3.05) is 42.9 Å². The van der Waals surface area contributed by atoms with Gasteiger partial charge in [-0.25, -0.2) is 4.39 Å². The van der Waals surface area contributed by atoms with Gasteiger partial charge in [0.1, 0.15) is 5.82 Å². The van der Waals surface area contributed by atoms with Crippen molar-refractivity contribution in [2.45, 2.75) is 6.92 Å². The first-order chi connectivity index (χ1) is 12.5. The topological polar surface area (TPSA) is 35.6 Å². The Hall–Kier alpha value is -1.38. The highest BCUT2D eigenvalue weighted by atomic mass is 127. The molecule has 0 radical (unpaired) electrons. The Morgan fingerprint density at radius 2 is 1.92 bits per heavy atom. The van der Waals surface area contributed by atoms with Crippen molar-refractivity contribution in [1.29, 1.82) is 0 Å². The number of rotatable bonds is 4. The van der Waals surface area contributed by atoms with E-state index in [0.29, 0.717) is 19.8 Å². The molecule has 0 aromatic heterocycles. The van der Waals surface area contributed by atoms with Crippen molar-refractivity contribution in [3.8, 4) is 0 Å². The smallest absolute Gasteiger partial charge is 0.256 e. The largest absolute Gasteiger partial charge is 0.367 e. The third-order valence-electron chi connectivity index (χ3n) is 4.54. The van der Waals surface area contributed by atoms with Crippen LogP contribution in [0.25, 0.3) is 0 Å². The number of carbonyl (C=O) groups is 1. The molecule has 1 fully saturated rings. The van der Waals surface area contributed by atoms with Gasteiger partial charge in [0.25, 0.3) is 5.91 Å². The van der Waals surface area contributed by atoms with E-state index in [1.165, 1.54) is 18.2 Å². The van der Waals surface area contributed by atoms with Gasteiger partial charge in [0, 0.05) is 34.8 Å². The maximum atomic E-state index is 13.3. The average molecular weight is 488 g/mol. The van der Waals surface area contributed by atoms with Crippen LogP contribution in [0, 0.1) is 9.39 Å². The molecular weight excluding hydrogens is 468 g/mol. The Bertz CT molecular complexity index is 809. The van der Waals surface area contributed by atoms with Gasteiger partial charge < -0.3 is 15.1 Å². The molecule has 1 saturated heterocycles. The lowest BCUT2D eigenvalue weighted by Crippen LogP contribution is -2.46. The fourth-order valence-corrected chi connectivity index (χ4v) is 3.95. The van der Waals surface area contributed by atoms with Crippen LogP contribution in [0.15, 0.2) is 36.4 Å². The highest BCUT2D eigenvalue weighted by molar-refractivity contribution is 14.1. The van der Waals surface area contributed by atoms with E-state index in [4.69, 9.17) is 11.6 Å². The van der Waals surface area contributed by atoms with E-state index in [-0.39, 0.29) is 11.7 Å². The summed E-state index contributed by atoms with van der Waals surface area (Å²) in [5, 5.41) is 3.50. The van der Waals surface area contributed by atoms with Crippen LogP contribution in [-0.2, 0) is 0 Å². The van der Waals surface area contributed by atoms with Gasteiger partial charge in [-0.05, 0) is 65.5 Å². The maximum absolute atomic E-state index is 13.3. The minimum atomic E-state index is -0.358. The third kappa shape index (κ3) is 4.47. The van der Waals surface area contributed by atoms with E-state index in [0.717, 1.165) is 38.4 Å². The van der Waals surface area contributed by atoms with Crippen LogP contribution in [0.4, 0.5) is 15.8 Å². The van der Waals surface area contributed by atoms with Gasteiger partial charge in [-0.2, -0.15) is 0 Å². The number of nitrogens with zero attached hydrogens (tertiary/aromatic N) is 2. The van der Waals surface area contributed by atoms with Crippen molar-refractivity contribution in [3.63, 3.8) is 0 Å². The second-order valence-electron chi connectivity index (χ2n) is 6.16. The number of likely N-dealkylation sites (N-methyl/N-ethyl adjacent to an activating group) is 1. The summed E-state index contributed by atoms with van der Waals surface area (Å²) in [4.78, 5) is 17.3. The molecule has 1 aliphatic rings. The molecule has 3 rings (SSSR count). The van der Waals surface area contributed by atoms with Crippen LogP contribution >= 0.6 is 34.2 Å². The summed E-state index contributed by atoms with van der Waals surface area (Å²) in [6.45, 7) is 6.97. The lowest BCUT2D eigenvalue weighted by atomic mass is 10.1. The van der Waals surface area contributed by atoms with Crippen LogP contribution in [0.2, 0.25) is 5.02 Å². The number of benzene rings is 2. The van der Waals surface area contributed by atoms with E-state index < -0.39 is 0 Å². The molecule has 0 unspecified atom stereocenters. The first kappa shape index (κ1) is 19.4. The van der Waals surface area contributed by atoms with E-state index >= 15 is 0 Å². The molecule has 1 heterocycles. The highest BCUT2D eigenvalue weighted by Crippen LogP contribution is 2.31. The Balaban J connectivity index is 1.83. The van der Waals surface area contributed by atoms with Gasteiger partial charge in [-0.1, -0.05) is 18.5 Å². The number of carbonyl (C=O) groups excluding carboxylic acids is 1. The summed E-state index contributed by atoms with van der Waals surface area (Å²) < 4.78 is 13.9. The SMILES string of the molecule is CCN1CCN(c2ccc(Cl)cc2NC(=O)c2ccc(F)cc2I)CC1. The molecule has 2 aromatic rings. The predicted octanol–water partition coefficient (Wildman–Crippen LogP) is 4.48. The minimum absolute atomic E-state index is 0.273. The number of anilines is 2. The lowest BCUT2D eigenvalue weighted by molar-refractivity contribution is 0.102. The van der Waals surface area contributed by atoms with Crippen LogP contribution in [0.5, 0.6) is 0 Å². The average Bonchev–Trinajstić information content (AvgIpc) is 2.62. The first-order valence-corrected chi connectivity index (χ1v) is 9.97. The standard InChI is InChI=1S/C19H20ClFIN3O/c1-2-24-7-9-25(10-8-24)18-6-3-13(20)11-17(18)23-19(26)15-5-4-14(21)12-16(15)22/h3-6,11-12H,2,7-10H2,1H3,(H,23,26). The minimum Gasteiger partial charge on any atom is -0.367 e. The zero-order chi connectivity index (χ0) is 18.7. The van der Waals surface area contributed by atoms with Gasteiger partial charge in [0.05, 0.1) is 16.9 Å². The molecule has 4 nitrogen and oxygen atoms in total. The van der Waals surface area contributed by atoms with E-state index in [2.05, 4.69) is 22.0 Å². The zero-order valence-corrected chi connectivity index (χ0v) is 17.3.